The molecule has 1 fully saturated rings. The van der Waals surface area contributed by atoms with Gasteiger partial charge in [-0.2, -0.15) is 8.42 Å². The van der Waals surface area contributed by atoms with Gasteiger partial charge in [0.2, 0.25) is 0 Å². The maximum absolute atomic E-state index is 9.19. The maximum Gasteiger partial charge on any atom is 0.261 e. The van der Waals surface area contributed by atoms with Gasteiger partial charge in [-0.25, -0.2) is 0 Å². The fourth-order valence-corrected chi connectivity index (χ4v) is 2.46. The van der Waals surface area contributed by atoms with Crippen molar-refractivity contribution in [2.24, 2.45) is 5.41 Å². The number of hydrogen-bond donors (Lipinski definition) is 1. The molecule has 0 heterocycles. The Balaban J connectivity index is 0.000000195. The molecule has 0 bridgehead atoms. The second-order valence-corrected chi connectivity index (χ2v) is 6.14. The molecule has 0 radical (unpaired) electrons. The van der Waals surface area contributed by atoms with Crippen molar-refractivity contribution < 1.29 is 13.0 Å². The van der Waals surface area contributed by atoms with Crippen LogP contribution < -0.4 is 0 Å². The molecule has 1 spiro atoms. The monoisotopic (exact) mass is 232 g/mol. The summed E-state index contributed by atoms with van der Waals surface area (Å²) in [5.41, 5.74) is 0.762. The molecule has 0 atom stereocenters. The summed E-state index contributed by atoms with van der Waals surface area (Å²) in [4.78, 5) is 0. The second-order valence-electron chi connectivity index (χ2n) is 4.67. The summed E-state index contributed by atoms with van der Waals surface area (Å²) < 4.78 is 25.9. The van der Waals surface area contributed by atoms with Crippen LogP contribution in [0.15, 0.2) is 12.2 Å². The van der Waals surface area contributed by atoms with Crippen LogP contribution in [0.3, 0.4) is 0 Å². The third-order valence-electron chi connectivity index (χ3n) is 3.18. The smallest absolute Gasteiger partial charge is 0.261 e. The molecule has 0 unspecified atom stereocenters. The standard InChI is InChI=1S/C10H16.CH4O3S/c1-2-6-10(7-3-1)8-4-5-9-10;1-5(2,3)4/h4-5H,1-3,6-9H2;1H3,(H,2,3,4). The van der Waals surface area contributed by atoms with Crippen molar-refractivity contribution >= 4 is 10.1 Å². The van der Waals surface area contributed by atoms with E-state index in [1.165, 1.54) is 44.9 Å². The van der Waals surface area contributed by atoms with Crippen molar-refractivity contribution in [3.8, 4) is 0 Å². The van der Waals surface area contributed by atoms with Crippen LogP contribution in [0.5, 0.6) is 0 Å². The zero-order valence-corrected chi connectivity index (χ0v) is 10.1. The summed E-state index contributed by atoms with van der Waals surface area (Å²) in [7, 11) is -3.67. The maximum atomic E-state index is 9.19. The fourth-order valence-electron chi connectivity index (χ4n) is 2.46. The fraction of sp³-hybridized carbons (Fsp3) is 0.818. The zero-order chi connectivity index (χ0) is 11.4. The first-order valence-corrected chi connectivity index (χ1v) is 7.34. The van der Waals surface area contributed by atoms with E-state index in [1.54, 1.807) is 0 Å². The van der Waals surface area contributed by atoms with E-state index in [4.69, 9.17) is 4.55 Å². The van der Waals surface area contributed by atoms with Gasteiger partial charge in [0.25, 0.3) is 10.1 Å². The summed E-state index contributed by atoms with van der Waals surface area (Å²) in [6.45, 7) is 0. The van der Waals surface area contributed by atoms with Gasteiger partial charge in [0.05, 0.1) is 6.26 Å². The molecular formula is C11H20O3S. The van der Waals surface area contributed by atoms with Crippen LogP contribution in [0, 0.1) is 5.41 Å². The van der Waals surface area contributed by atoms with Crippen molar-refractivity contribution in [1.29, 1.82) is 0 Å². The molecule has 0 aliphatic heterocycles. The van der Waals surface area contributed by atoms with Crippen LogP contribution in [-0.2, 0) is 10.1 Å². The third-order valence-corrected chi connectivity index (χ3v) is 3.18. The summed E-state index contributed by atoms with van der Waals surface area (Å²) in [5.74, 6) is 0. The molecular weight excluding hydrogens is 212 g/mol. The van der Waals surface area contributed by atoms with Gasteiger partial charge in [-0.15, -0.1) is 0 Å². The second kappa shape index (κ2) is 5.12. The minimum atomic E-state index is -3.67. The minimum Gasteiger partial charge on any atom is -0.286 e. The van der Waals surface area contributed by atoms with Crippen LogP contribution >= 0.6 is 0 Å². The molecule has 1 saturated carbocycles. The Morgan fingerprint density at radius 1 is 1.07 bits per heavy atom. The highest BCUT2D eigenvalue weighted by Crippen LogP contribution is 2.45. The highest BCUT2D eigenvalue weighted by molar-refractivity contribution is 7.85. The molecule has 0 amide bonds. The first-order chi connectivity index (χ1) is 6.91. The molecule has 0 aromatic rings. The Kier molecular flexibility index (Phi) is 4.34. The van der Waals surface area contributed by atoms with E-state index in [-0.39, 0.29) is 0 Å². The third kappa shape index (κ3) is 5.33. The summed E-state index contributed by atoms with van der Waals surface area (Å²) in [6.07, 6.45) is 15.7. The van der Waals surface area contributed by atoms with E-state index >= 15 is 0 Å². The van der Waals surface area contributed by atoms with Gasteiger partial charge in [0.15, 0.2) is 0 Å². The molecule has 0 aromatic carbocycles. The lowest BCUT2D eigenvalue weighted by molar-refractivity contribution is 0.206. The lowest BCUT2D eigenvalue weighted by atomic mass is 9.72. The van der Waals surface area contributed by atoms with Gasteiger partial charge in [-0.1, -0.05) is 31.4 Å². The van der Waals surface area contributed by atoms with Gasteiger partial charge in [-0.3, -0.25) is 4.55 Å². The van der Waals surface area contributed by atoms with Gasteiger partial charge in [0, 0.05) is 0 Å². The van der Waals surface area contributed by atoms with Gasteiger partial charge in [-0.05, 0) is 31.1 Å². The van der Waals surface area contributed by atoms with E-state index in [2.05, 4.69) is 12.2 Å². The molecule has 0 saturated heterocycles. The van der Waals surface area contributed by atoms with Crippen molar-refractivity contribution in [3.63, 3.8) is 0 Å². The summed E-state index contributed by atoms with van der Waals surface area (Å²) in [6, 6.07) is 0. The highest BCUT2D eigenvalue weighted by atomic mass is 32.2. The average molecular weight is 232 g/mol. The minimum absolute atomic E-state index is 0.715. The predicted octanol–water partition coefficient (Wildman–Crippen LogP) is 2.79. The molecule has 2 rings (SSSR count). The predicted molar refractivity (Wildman–Crippen MR) is 61.4 cm³/mol. The Morgan fingerprint density at radius 2 is 1.47 bits per heavy atom. The van der Waals surface area contributed by atoms with E-state index in [9.17, 15) is 8.42 Å². The van der Waals surface area contributed by atoms with E-state index < -0.39 is 10.1 Å². The Hall–Kier alpha value is -0.350. The summed E-state index contributed by atoms with van der Waals surface area (Å²) in [5, 5.41) is 0. The molecule has 0 aromatic heterocycles. The molecule has 88 valence electrons. The molecule has 2 aliphatic rings. The van der Waals surface area contributed by atoms with E-state index in [1.807, 2.05) is 0 Å². The Bertz CT molecular complexity index is 293. The van der Waals surface area contributed by atoms with Crippen molar-refractivity contribution in [2.75, 3.05) is 6.26 Å². The lowest BCUT2D eigenvalue weighted by Crippen LogP contribution is -2.19. The van der Waals surface area contributed by atoms with Crippen molar-refractivity contribution in [2.45, 2.75) is 44.9 Å². The van der Waals surface area contributed by atoms with E-state index in [0.717, 1.165) is 5.41 Å². The highest BCUT2D eigenvalue weighted by Gasteiger charge is 2.31. The first kappa shape index (κ1) is 12.7. The number of hydrogen-bond acceptors (Lipinski definition) is 2. The molecule has 2 aliphatic carbocycles. The molecule has 4 heteroatoms. The zero-order valence-electron chi connectivity index (χ0n) is 9.28. The van der Waals surface area contributed by atoms with Crippen LogP contribution in [0.25, 0.3) is 0 Å². The molecule has 15 heavy (non-hydrogen) atoms. The Labute approximate surface area is 92.3 Å². The largest absolute Gasteiger partial charge is 0.286 e. The van der Waals surface area contributed by atoms with Crippen molar-refractivity contribution in [1.82, 2.24) is 0 Å². The van der Waals surface area contributed by atoms with Gasteiger partial charge in [0.1, 0.15) is 0 Å². The van der Waals surface area contributed by atoms with Gasteiger partial charge >= 0.3 is 0 Å². The van der Waals surface area contributed by atoms with Crippen LogP contribution in [0.4, 0.5) is 0 Å². The van der Waals surface area contributed by atoms with Crippen LogP contribution in [0.2, 0.25) is 0 Å². The normalized spacial score (nSPS) is 23.6. The topological polar surface area (TPSA) is 54.4 Å². The quantitative estimate of drug-likeness (QED) is 0.516. The Morgan fingerprint density at radius 3 is 1.87 bits per heavy atom. The van der Waals surface area contributed by atoms with Gasteiger partial charge < -0.3 is 0 Å². The molecule has 1 N–H and O–H groups in total. The average Bonchev–Trinajstić information content (AvgIpc) is 2.52. The summed E-state index contributed by atoms with van der Waals surface area (Å²) >= 11 is 0. The van der Waals surface area contributed by atoms with Crippen molar-refractivity contribution in [3.05, 3.63) is 12.2 Å². The van der Waals surface area contributed by atoms with E-state index in [0.29, 0.717) is 6.26 Å². The number of allylic oxidation sites excluding steroid dienone is 2. The SMILES string of the molecule is C1=CCC2(C1)CCCCC2.CS(=O)(=O)O. The van der Waals surface area contributed by atoms with Crippen LogP contribution in [0.1, 0.15) is 44.9 Å². The van der Waals surface area contributed by atoms with Crippen LogP contribution in [-0.4, -0.2) is 19.2 Å². The molecule has 3 nitrogen and oxygen atoms in total. The first-order valence-electron chi connectivity index (χ1n) is 5.49. The lowest BCUT2D eigenvalue weighted by Gasteiger charge is -2.32. The number of rotatable bonds is 0.